The fourth-order valence-electron chi connectivity index (χ4n) is 4.47. The largest absolute Gasteiger partial charge is 0.465 e. The molecule has 222 valence electrons. The van der Waals surface area contributed by atoms with Crippen LogP contribution in [0.5, 0.6) is 0 Å². The summed E-state index contributed by atoms with van der Waals surface area (Å²) in [5, 5.41) is 0. The first-order chi connectivity index (χ1) is 20.0. The number of esters is 1. The highest BCUT2D eigenvalue weighted by molar-refractivity contribution is 9.10. The predicted octanol–water partition coefficient (Wildman–Crippen LogP) is 7.28. The number of aromatic nitrogens is 2. The number of methoxy groups -OCH3 is 1. The van der Waals surface area contributed by atoms with E-state index >= 15 is 8.78 Å². The van der Waals surface area contributed by atoms with Crippen LogP contribution < -0.4 is 5.69 Å². The van der Waals surface area contributed by atoms with Crippen LogP contribution in [0.3, 0.4) is 0 Å². The molecule has 12 heteroatoms. The van der Waals surface area contributed by atoms with Gasteiger partial charge in [0.1, 0.15) is 0 Å². The zero-order valence-corrected chi connectivity index (χ0v) is 25.7. The van der Waals surface area contributed by atoms with Gasteiger partial charge in [0.25, 0.3) is 0 Å². The maximum atomic E-state index is 15.4. The lowest BCUT2D eigenvalue weighted by Gasteiger charge is -2.26. The number of rotatable bonds is 12. The Bertz CT molecular complexity index is 1640. The van der Waals surface area contributed by atoms with Crippen molar-refractivity contribution in [3.05, 3.63) is 116 Å². The zero-order chi connectivity index (χ0) is 30.5. The Morgan fingerprint density at radius 3 is 2.14 bits per heavy atom. The van der Waals surface area contributed by atoms with Crippen molar-refractivity contribution in [1.29, 1.82) is 0 Å². The van der Waals surface area contributed by atoms with E-state index in [1.165, 1.54) is 37.7 Å². The molecular formula is C30H30BrF2N2O6P. The van der Waals surface area contributed by atoms with Crippen molar-refractivity contribution in [1.82, 2.24) is 9.13 Å². The van der Waals surface area contributed by atoms with E-state index in [1.807, 2.05) is 30.3 Å². The van der Waals surface area contributed by atoms with Crippen molar-refractivity contribution in [3.8, 4) is 11.3 Å². The zero-order valence-electron chi connectivity index (χ0n) is 23.3. The van der Waals surface area contributed by atoms with Crippen LogP contribution in [-0.4, -0.2) is 35.4 Å². The first-order valence-electron chi connectivity index (χ1n) is 13.1. The number of halogens is 3. The van der Waals surface area contributed by atoms with Gasteiger partial charge in [-0.2, -0.15) is 8.78 Å². The third-order valence-corrected chi connectivity index (χ3v) is 9.26. The van der Waals surface area contributed by atoms with Crippen molar-refractivity contribution >= 4 is 29.5 Å². The van der Waals surface area contributed by atoms with E-state index in [4.69, 9.17) is 13.8 Å². The monoisotopic (exact) mass is 662 g/mol. The van der Waals surface area contributed by atoms with E-state index in [0.29, 0.717) is 28.9 Å². The number of carbonyl (C=O) groups excluding carboxylic acids is 1. The van der Waals surface area contributed by atoms with Crippen LogP contribution in [0.2, 0.25) is 0 Å². The molecule has 4 rings (SSSR count). The Hall–Kier alpha value is -3.37. The van der Waals surface area contributed by atoms with Crippen LogP contribution in [0.1, 0.15) is 40.9 Å². The summed E-state index contributed by atoms with van der Waals surface area (Å²) in [6, 6.07) is 20.2. The van der Waals surface area contributed by atoms with Crippen LogP contribution in [0, 0.1) is 0 Å². The molecule has 0 aliphatic carbocycles. The average molecular weight is 663 g/mol. The Morgan fingerprint density at radius 1 is 0.929 bits per heavy atom. The summed E-state index contributed by atoms with van der Waals surface area (Å²) in [5.74, 6) is -0.486. The molecule has 0 aliphatic heterocycles. The maximum Gasteiger partial charge on any atom is 0.404 e. The molecule has 0 bridgehead atoms. The summed E-state index contributed by atoms with van der Waals surface area (Å²) in [6.07, 6.45) is 1.72. The van der Waals surface area contributed by atoms with Gasteiger partial charge in [0.15, 0.2) is 0 Å². The molecule has 4 aromatic rings. The first kappa shape index (κ1) is 31.6. The molecule has 0 fully saturated rings. The van der Waals surface area contributed by atoms with Gasteiger partial charge in [-0.3, -0.25) is 13.7 Å². The number of imidazole rings is 1. The standard InChI is InChI=1S/C30H30BrF2N2O6P/c1-4-40-42(38,41-5-2)30(32,33)25-16-11-22(17-26(25)31)19-35-27(23-12-14-24(15-13-23)28(36)39-3)20-34(29(35)37)18-21-9-7-6-8-10-21/h6-17,20H,4-5,18-19H2,1-3H3. The Labute approximate surface area is 250 Å². The van der Waals surface area contributed by atoms with Crippen molar-refractivity contribution in [2.45, 2.75) is 32.6 Å². The fraction of sp³-hybridized carbons (Fsp3) is 0.267. The summed E-state index contributed by atoms with van der Waals surface area (Å²) < 4.78 is 61.5. The molecule has 3 aromatic carbocycles. The summed E-state index contributed by atoms with van der Waals surface area (Å²) in [5.41, 5.74) is -1.73. The molecule has 1 heterocycles. The smallest absolute Gasteiger partial charge is 0.404 e. The molecule has 0 radical (unpaired) electrons. The maximum absolute atomic E-state index is 15.4. The second-order valence-electron chi connectivity index (χ2n) is 9.25. The molecule has 0 N–H and O–H groups in total. The fourth-order valence-corrected chi connectivity index (χ4v) is 6.87. The number of benzene rings is 3. The minimum absolute atomic E-state index is 0.00891. The average Bonchev–Trinajstić information content (AvgIpc) is 3.27. The normalized spacial score (nSPS) is 12.0. The van der Waals surface area contributed by atoms with Crippen molar-refractivity contribution in [2.75, 3.05) is 20.3 Å². The SMILES string of the molecule is CCOP(=O)(OCC)C(F)(F)c1ccc(Cn2c(-c3ccc(C(=O)OC)cc3)cn(Cc3ccccc3)c2=O)cc1Br. The van der Waals surface area contributed by atoms with Gasteiger partial charge in [-0.05, 0) is 48.7 Å². The molecule has 1 aromatic heterocycles. The second-order valence-corrected chi connectivity index (χ2v) is 12.2. The van der Waals surface area contributed by atoms with Gasteiger partial charge >= 0.3 is 24.9 Å². The summed E-state index contributed by atoms with van der Waals surface area (Å²) in [6.45, 7) is 2.86. The molecule has 8 nitrogen and oxygen atoms in total. The van der Waals surface area contributed by atoms with E-state index in [1.54, 1.807) is 35.0 Å². The van der Waals surface area contributed by atoms with E-state index in [-0.39, 0.29) is 29.9 Å². The van der Waals surface area contributed by atoms with E-state index in [9.17, 15) is 14.2 Å². The third kappa shape index (κ3) is 6.49. The molecule has 0 atom stereocenters. The van der Waals surface area contributed by atoms with E-state index in [0.717, 1.165) is 11.6 Å². The van der Waals surface area contributed by atoms with Crippen molar-refractivity contribution in [3.63, 3.8) is 0 Å². The molecule has 0 saturated carbocycles. The number of carbonyl (C=O) groups is 1. The first-order valence-corrected chi connectivity index (χ1v) is 15.5. The summed E-state index contributed by atoms with van der Waals surface area (Å²) in [4.78, 5) is 25.6. The molecule has 0 amide bonds. The molecule has 0 spiro atoms. The van der Waals surface area contributed by atoms with Crippen LogP contribution in [0.25, 0.3) is 11.3 Å². The van der Waals surface area contributed by atoms with E-state index in [2.05, 4.69) is 15.9 Å². The van der Waals surface area contributed by atoms with Gasteiger partial charge in [0.05, 0.1) is 44.7 Å². The Morgan fingerprint density at radius 2 is 1.57 bits per heavy atom. The van der Waals surface area contributed by atoms with Crippen molar-refractivity contribution < 1.29 is 31.9 Å². The van der Waals surface area contributed by atoms with Crippen LogP contribution >= 0.6 is 23.5 Å². The van der Waals surface area contributed by atoms with E-state index < -0.39 is 24.8 Å². The Kier molecular flexibility index (Phi) is 9.99. The molecule has 0 unspecified atom stereocenters. The minimum atomic E-state index is -4.81. The minimum Gasteiger partial charge on any atom is -0.465 e. The third-order valence-electron chi connectivity index (χ3n) is 6.48. The van der Waals surface area contributed by atoms with Gasteiger partial charge in [-0.1, -0.05) is 70.5 Å². The van der Waals surface area contributed by atoms with Gasteiger partial charge in [-0.15, -0.1) is 0 Å². The lowest BCUT2D eigenvalue weighted by Crippen LogP contribution is -2.25. The highest BCUT2D eigenvalue weighted by Gasteiger charge is 2.55. The van der Waals surface area contributed by atoms with Gasteiger partial charge in [0, 0.05) is 16.2 Å². The molecule has 0 aliphatic rings. The quantitative estimate of drug-likeness (QED) is 0.117. The summed E-state index contributed by atoms with van der Waals surface area (Å²) in [7, 11) is -3.51. The van der Waals surface area contributed by atoms with Crippen molar-refractivity contribution in [2.24, 2.45) is 0 Å². The number of ether oxygens (including phenoxy) is 1. The highest BCUT2D eigenvalue weighted by Crippen LogP contribution is 2.67. The summed E-state index contributed by atoms with van der Waals surface area (Å²) >= 11 is 3.20. The van der Waals surface area contributed by atoms with Crippen LogP contribution in [0.15, 0.2) is 88.3 Å². The topological polar surface area (TPSA) is 88.8 Å². The number of alkyl halides is 2. The second kappa shape index (κ2) is 13.3. The lowest BCUT2D eigenvalue weighted by molar-refractivity contribution is 0.0354. The molecular weight excluding hydrogens is 633 g/mol. The van der Waals surface area contributed by atoms with Crippen LogP contribution in [0.4, 0.5) is 8.78 Å². The number of hydrogen-bond donors (Lipinski definition) is 0. The highest BCUT2D eigenvalue weighted by atomic mass is 79.9. The lowest BCUT2D eigenvalue weighted by atomic mass is 10.1. The number of hydrogen-bond acceptors (Lipinski definition) is 6. The number of nitrogens with zero attached hydrogens (tertiary/aromatic N) is 2. The molecule has 0 saturated heterocycles. The van der Waals surface area contributed by atoms with Gasteiger partial charge < -0.3 is 13.8 Å². The predicted molar refractivity (Wildman–Crippen MR) is 159 cm³/mol. The molecule has 42 heavy (non-hydrogen) atoms. The van der Waals surface area contributed by atoms with Gasteiger partial charge in [-0.25, -0.2) is 9.59 Å². The van der Waals surface area contributed by atoms with Gasteiger partial charge in [0.2, 0.25) is 0 Å². The van der Waals surface area contributed by atoms with Crippen LogP contribution in [-0.2, 0) is 37.1 Å². The Balaban J connectivity index is 1.74.